The van der Waals surface area contributed by atoms with E-state index in [0.29, 0.717) is 18.0 Å². The summed E-state index contributed by atoms with van der Waals surface area (Å²) in [7, 11) is 0. The van der Waals surface area contributed by atoms with Crippen molar-refractivity contribution < 1.29 is 4.79 Å². The van der Waals surface area contributed by atoms with Crippen LogP contribution in [0.4, 0.5) is 0 Å². The lowest BCUT2D eigenvalue weighted by atomic mass is 9.88. The van der Waals surface area contributed by atoms with Crippen LogP contribution in [-0.2, 0) is 6.54 Å². The fourth-order valence-corrected chi connectivity index (χ4v) is 4.01. The Balaban J connectivity index is 1.45. The SMILES string of the molecule is Cc1c(C(=O)N2CCC(c3cccc(CN)c3)CC2)cnn1-c1ccccc1. The highest BCUT2D eigenvalue weighted by molar-refractivity contribution is 5.95. The Kier molecular flexibility index (Phi) is 5.26. The van der Waals surface area contributed by atoms with E-state index in [-0.39, 0.29) is 5.91 Å². The lowest BCUT2D eigenvalue weighted by Gasteiger charge is -2.32. The molecule has 1 amide bonds. The summed E-state index contributed by atoms with van der Waals surface area (Å²) < 4.78 is 1.83. The average molecular weight is 374 g/mol. The monoisotopic (exact) mass is 374 g/mol. The first-order chi connectivity index (χ1) is 13.7. The maximum atomic E-state index is 13.1. The first-order valence-electron chi connectivity index (χ1n) is 9.85. The highest BCUT2D eigenvalue weighted by Gasteiger charge is 2.26. The van der Waals surface area contributed by atoms with Gasteiger partial charge in [0.2, 0.25) is 0 Å². The molecule has 5 nitrogen and oxygen atoms in total. The highest BCUT2D eigenvalue weighted by Crippen LogP contribution is 2.29. The molecule has 2 N–H and O–H groups in total. The van der Waals surface area contributed by atoms with Crippen molar-refractivity contribution in [2.24, 2.45) is 5.73 Å². The van der Waals surface area contributed by atoms with Crippen molar-refractivity contribution in [3.63, 3.8) is 0 Å². The van der Waals surface area contributed by atoms with E-state index in [4.69, 9.17) is 5.73 Å². The summed E-state index contributed by atoms with van der Waals surface area (Å²) in [6.07, 6.45) is 3.65. The summed E-state index contributed by atoms with van der Waals surface area (Å²) in [5.74, 6) is 0.567. The minimum absolute atomic E-state index is 0.0776. The molecule has 144 valence electrons. The highest BCUT2D eigenvalue weighted by atomic mass is 16.2. The lowest BCUT2D eigenvalue weighted by molar-refractivity contribution is 0.0712. The van der Waals surface area contributed by atoms with Crippen molar-refractivity contribution in [1.29, 1.82) is 0 Å². The molecule has 4 rings (SSSR count). The second-order valence-electron chi connectivity index (χ2n) is 7.41. The van der Waals surface area contributed by atoms with Gasteiger partial charge in [0.15, 0.2) is 0 Å². The maximum absolute atomic E-state index is 13.1. The molecule has 0 radical (unpaired) electrons. The molecule has 1 aromatic heterocycles. The van der Waals surface area contributed by atoms with Gasteiger partial charge in [0.05, 0.1) is 23.1 Å². The molecule has 3 aromatic rings. The molecular weight excluding hydrogens is 348 g/mol. The van der Waals surface area contributed by atoms with E-state index in [0.717, 1.165) is 37.3 Å². The third-order valence-electron chi connectivity index (χ3n) is 5.68. The molecule has 1 fully saturated rings. The average Bonchev–Trinajstić information content (AvgIpc) is 3.15. The number of hydrogen-bond acceptors (Lipinski definition) is 3. The Morgan fingerprint density at radius 2 is 1.86 bits per heavy atom. The molecule has 0 saturated carbocycles. The van der Waals surface area contributed by atoms with Crippen LogP contribution in [0.15, 0.2) is 60.8 Å². The van der Waals surface area contributed by atoms with Crippen molar-refractivity contribution in [3.8, 4) is 5.69 Å². The molecular formula is C23H26N4O. The summed E-state index contributed by atoms with van der Waals surface area (Å²) in [6, 6.07) is 18.4. The predicted octanol–water partition coefficient (Wildman–Crippen LogP) is 3.66. The normalized spacial score (nSPS) is 15.0. The van der Waals surface area contributed by atoms with Gasteiger partial charge in [-0.05, 0) is 48.9 Å². The van der Waals surface area contributed by atoms with Crippen LogP contribution in [0.2, 0.25) is 0 Å². The summed E-state index contributed by atoms with van der Waals surface area (Å²) in [6.45, 7) is 4.06. The number of amides is 1. The van der Waals surface area contributed by atoms with E-state index in [1.54, 1.807) is 6.20 Å². The van der Waals surface area contributed by atoms with Crippen molar-refractivity contribution >= 4 is 5.91 Å². The number of rotatable bonds is 4. The maximum Gasteiger partial charge on any atom is 0.257 e. The van der Waals surface area contributed by atoms with Gasteiger partial charge in [0, 0.05) is 19.6 Å². The molecule has 0 unspecified atom stereocenters. The minimum Gasteiger partial charge on any atom is -0.338 e. The number of piperidine rings is 1. The molecule has 0 spiro atoms. The van der Waals surface area contributed by atoms with E-state index < -0.39 is 0 Å². The van der Waals surface area contributed by atoms with Crippen LogP contribution in [0.3, 0.4) is 0 Å². The van der Waals surface area contributed by atoms with Crippen LogP contribution >= 0.6 is 0 Å². The second-order valence-corrected chi connectivity index (χ2v) is 7.41. The second kappa shape index (κ2) is 7.98. The molecule has 2 aromatic carbocycles. The molecule has 1 saturated heterocycles. The number of likely N-dealkylation sites (tertiary alicyclic amines) is 1. The van der Waals surface area contributed by atoms with Gasteiger partial charge in [-0.15, -0.1) is 0 Å². The third-order valence-corrected chi connectivity index (χ3v) is 5.68. The fraction of sp³-hybridized carbons (Fsp3) is 0.304. The van der Waals surface area contributed by atoms with Crippen LogP contribution in [0.25, 0.3) is 5.69 Å². The zero-order valence-corrected chi connectivity index (χ0v) is 16.2. The van der Waals surface area contributed by atoms with E-state index in [1.165, 1.54) is 11.1 Å². The number of benzene rings is 2. The van der Waals surface area contributed by atoms with E-state index >= 15 is 0 Å². The van der Waals surface area contributed by atoms with Gasteiger partial charge >= 0.3 is 0 Å². The number of nitrogens with zero attached hydrogens (tertiary/aromatic N) is 3. The molecule has 0 bridgehead atoms. The Labute approximate surface area is 165 Å². The smallest absolute Gasteiger partial charge is 0.257 e. The van der Waals surface area contributed by atoms with Crippen LogP contribution in [0, 0.1) is 6.92 Å². The molecule has 2 heterocycles. The van der Waals surface area contributed by atoms with E-state index in [9.17, 15) is 4.79 Å². The Bertz CT molecular complexity index is 956. The van der Waals surface area contributed by atoms with Gasteiger partial charge in [-0.3, -0.25) is 4.79 Å². The van der Waals surface area contributed by atoms with Crippen LogP contribution in [-0.4, -0.2) is 33.7 Å². The van der Waals surface area contributed by atoms with Crippen LogP contribution in [0.5, 0.6) is 0 Å². The molecule has 0 atom stereocenters. The fourth-order valence-electron chi connectivity index (χ4n) is 4.01. The Morgan fingerprint density at radius 1 is 1.11 bits per heavy atom. The zero-order chi connectivity index (χ0) is 19.5. The third kappa shape index (κ3) is 3.58. The number of aromatic nitrogens is 2. The molecule has 1 aliphatic heterocycles. The lowest BCUT2D eigenvalue weighted by Crippen LogP contribution is -2.38. The van der Waals surface area contributed by atoms with Crippen molar-refractivity contribution in [2.45, 2.75) is 32.2 Å². The van der Waals surface area contributed by atoms with Gasteiger partial charge in [0.1, 0.15) is 0 Å². The molecule has 1 aliphatic rings. The largest absolute Gasteiger partial charge is 0.338 e. The summed E-state index contributed by atoms with van der Waals surface area (Å²) in [5.41, 5.74) is 10.8. The van der Waals surface area contributed by atoms with Gasteiger partial charge in [-0.25, -0.2) is 4.68 Å². The summed E-state index contributed by atoms with van der Waals surface area (Å²) >= 11 is 0. The van der Waals surface area contributed by atoms with Gasteiger partial charge in [-0.2, -0.15) is 5.10 Å². The minimum atomic E-state index is 0.0776. The predicted molar refractivity (Wildman–Crippen MR) is 111 cm³/mol. The Morgan fingerprint density at radius 3 is 2.57 bits per heavy atom. The van der Waals surface area contributed by atoms with E-state index in [2.05, 4.69) is 29.4 Å². The number of nitrogens with two attached hydrogens (primary N) is 1. The number of carbonyl (C=O) groups is 1. The van der Waals surface area contributed by atoms with Crippen LogP contribution < -0.4 is 5.73 Å². The van der Waals surface area contributed by atoms with Crippen molar-refractivity contribution in [1.82, 2.24) is 14.7 Å². The van der Waals surface area contributed by atoms with Crippen molar-refractivity contribution in [2.75, 3.05) is 13.1 Å². The summed E-state index contributed by atoms with van der Waals surface area (Å²) in [5, 5.41) is 4.44. The van der Waals surface area contributed by atoms with Crippen LogP contribution in [0.1, 0.15) is 45.9 Å². The molecule has 0 aliphatic carbocycles. The number of para-hydroxylation sites is 1. The standard InChI is InChI=1S/C23H26N4O/c1-17-22(16-25-27(17)21-8-3-2-4-9-21)23(28)26-12-10-19(11-13-26)20-7-5-6-18(14-20)15-24/h2-9,14,16,19H,10-13,15,24H2,1H3. The van der Waals surface area contributed by atoms with Crippen molar-refractivity contribution in [3.05, 3.63) is 83.2 Å². The number of carbonyl (C=O) groups excluding carboxylic acids is 1. The topological polar surface area (TPSA) is 64.2 Å². The van der Waals surface area contributed by atoms with E-state index in [1.807, 2.05) is 46.8 Å². The Hall–Kier alpha value is -2.92. The van der Waals surface area contributed by atoms with Gasteiger partial charge in [-0.1, -0.05) is 42.5 Å². The summed E-state index contributed by atoms with van der Waals surface area (Å²) in [4.78, 5) is 15.0. The van der Waals surface area contributed by atoms with Gasteiger partial charge < -0.3 is 10.6 Å². The number of hydrogen-bond donors (Lipinski definition) is 1. The van der Waals surface area contributed by atoms with Gasteiger partial charge in [0.25, 0.3) is 5.91 Å². The first kappa shape index (κ1) is 18.4. The quantitative estimate of drug-likeness (QED) is 0.758. The first-order valence-corrected chi connectivity index (χ1v) is 9.85. The molecule has 28 heavy (non-hydrogen) atoms. The molecule has 5 heteroatoms. The zero-order valence-electron chi connectivity index (χ0n) is 16.2.